The van der Waals surface area contributed by atoms with Gasteiger partial charge in [0.15, 0.2) is 0 Å². The van der Waals surface area contributed by atoms with Crippen LogP contribution in [-0.2, 0) is 12.1 Å². The summed E-state index contributed by atoms with van der Waals surface area (Å²) in [5.74, 6) is 1.71. The maximum atomic E-state index is 5.31. The van der Waals surface area contributed by atoms with E-state index in [9.17, 15) is 0 Å². The van der Waals surface area contributed by atoms with E-state index in [1.165, 1.54) is 0 Å². The lowest BCUT2D eigenvalue weighted by molar-refractivity contribution is 0.343. The molecule has 0 amide bonds. The lowest BCUT2D eigenvalue weighted by Gasteiger charge is -2.21. The summed E-state index contributed by atoms with van der Waals surface area (Å²) in [7, 11) is 1.66. The van der Waals surface area contributed by atoms with Gasteiger partial charge in [-0.2, -0.15) is 5.10 Å². The molecule has 0 aliphatic carbocycles. The van der Waals surface area contributed by atoms with Crippen LogP contribution in [0.3, 0.4) is 0 Å². The molecule has 6 heteroatoms. The van der Waals surface area contributed by atoms with E-state index in [1.54, 1.807) is 19.6 Å². The van der Waals surface area contributed by atoms with Gasteiger partial charge in [-0.3, -0.25) is 4.98 Å². The number of benzene rings is 1. The molecule has 0 saturated carbocycles. The maximum absolute atomic E-state index is 5.31. The summed E-state index contributed by atoms with van der Waals surface area (Å²) in [6, 6.07) is 7.81. The van der Waals surface area contributed by atoms with Crippen LogP contribution in [0.1, 0.15) is 26.6 Å². The van der Waals surface area contributed by atoms with Crippen molar-refractivity contribution in [1.29, 1.82) is 0 Å². The highest BCUT2D eigenvalue weighted by molar-refractivity contribution is 5.92. The van der Waals surface area contributed by atoms with E-state index in [2.05, 4.69) is 41.2 Å². The highest BCUT2D eigenvalue weighted by Crippen LogP contribution is 2.26. The van der Waals surface area contributed by atoms with Crippen LogP contribution in [0.25, 0.3) is 10.9 Å². The van der Waals surface area contributed by atoms with Gasteiger partial charge < -0.3 is 10.1 Å². The number of hydrogen-bond acceptors (Lipinski definition) is 5. The Hall–Kier alpha value is -2.63. The van der Waals surface area contributed by atoms with Crippen molar-refractivity contribution in [3.05, 3.63) is 42.6 Å². The van der Waals surface area contributed by atoms with Gasteiger partial charge in [0.25, 0.3) is 0 Å². The first-order chi connectivity index (χ1) is 11.0. The molecule has 0 unspecified atom stereocenters. The molecular weight excluding hydrogens is 290 g/mol. The van der Waals surface area contributed by atoms with Gasteiger partial charge in [0, 0.05) is 17.3 Å². The summed E-state index contributed by atoms with van der Waals surface area (Å²) < 4.78 is 7.24. The molecule has 2 aromatic heterocycles. The van der Waals surface area contributed by atoms with E-state index >= 15 is 0 Å². The Morgan fingerprint density at radius 1 is 1.17 bits per heavy atom. The molecule has 2 heterocycles. The monoisotopic (exact) mass is 311 g/mol. The zero-order valence-corrected chi connectivity index (χ0v) is 13.9. The van der Waals surface area contributed by atoms with E-state index in [0.29, 0.717) is 6.54 Å². The van der Waals surface area contributed by atoms with E-state index in [0.717, 1.165) is 28.2 Å². The standard InChI is InChI=1S/C17H21N5O/c1-17(2,3)22-16(20-11-21-22)10-19-15-7-8-18-14-6-5-12(23-4)9-13(14)15/h5-9,11H,10H2,1-4H3,(H,18,19). The molecule has 0 bridgehead atoms. The number of hydrogen-bond donors (Lipinski definition) is 1. The fourth-order valence-electron chi connectivity index (χ4n) is 2.53. The molecule has 0 aliphatic heterocycles. The van der Waals surface area contributed by atoms with E-state index in [1.807, 2.05) is 28.9 Å². The molecule has 0 aliphatic rings. The van der Waals surface area contributed by atoms with Crippen molar-refractivity contribution >= 4 is 16.6 Å². The summed E-state index contributed by atoms with van der Waals surface area (Å²) >= 11 is 0. The van der Waals surface area contributed by atoms with Crippen molar-refractivity contribution in [2.24, 2.45) is 0 Å². The molecule has 120 valence electrons. The molecule has 0 saturated heterocycles. The quantitative estimate of drug-likeness (QED) is 0.801. The number of aromatic nitrogens is 4. The summed E-state index contributed by atoms with van der Waals surface area (Å²) in [6.45, 7) is 6.92. The van der Waals surface area contributed by atoms with Crippen LogP contribution in [0.2, 0.25) is 0 Å². The number of methoxy groups -OCH3 is 1. The van der Waals surface area contributed by atoms with Crippen LogP contribution in [0, 0.1) is 0 Å². The van der Waals surface area contributed by atoms with Crippen molar-refractivity contribution in [1.82, 2.24) is 19.7 Å². The third-order valence-corrected chi connectivity index (χ3v) is 3.64. The van der Waals surface area contributed by atoms with E-state index in [4.69, 9.17) is 4.74 Å². The van der Waals surface area contributed by atoms with Gasteiger partial charge in [0.2, 0.25) is 0 Å². The lowest BCUT2D eigenvalue weighted by Crippen LogP contribution is -2.26. The minimum Gasteiger partial charge on any atom is -0.497 e. The fourth-order valence-corrected chi connectivity index (χ4v) is 2.53. The Morgan fingerprint density at radius 2 is 2.00 bits per heavy atom. The van der Waals surface area contributed by atoms with Crippen LogP contribution in [0.4, 0.5) is 5.69 Å². The molecule has 6 nitrogen and oxygen atoms in total. The Kier molecular flexibility index (Phi) is 3.90. The Morgan fingerprint density at radius 3 is 2.74 bits per heavy atom. The molecule has 3 aromatic rings. The number of nitrogens with one attached hydrogen (secondary N) is 1. The van der Waals surface area contributed by atoms with Crippen molar-refractivity contribution in [3.63, 3.8) is 0 Å². The summed E-state index contributed by atoms with van der Waals surface area (Å²) in [6.07, 6.45) is 3.39. The molecular formula is C17H21N5O. The highest BCUT2D eigenvalue weighted by atomic mass is 16.5. The van der Waals surface area contributed by atoms with E-state index < -0.39 is 0 Å². The predicted octanol–water partition coefficient (Wildman–Crippen LogP) is 3.20. The van der Waals surface area contributed by atoms with E-state index in [-0.39, 0.29) is 5.54 Å². The number of pyridine rings is 1. The van der Waals surface area contributed by atoms with Gasteiger partial charge in [-0.25, -0.2) is 9.67 Å². The number of ether oxygens (including phenoxy) is 1. The summed E-state index contributed by atoms with van der Waals surface area (Å²) in [5, 5.41) is 8.78. The zero-order chi connectivity index (χ0) is 16.4. The Bertz CT molecular complexity index is 819. The second kappa shape index (κ2) is 5.87. The minimum absolute atomic E-state index is 0.100. The zero-order valence-electron chi connectivity index (χ0n) is 13.9. The van der Waals surface area contributed by atoms with Crippen LogP contribution in [-0.4, -0.2) is 26.9 Å². The second-order valence-corrected chi connectivity index (χ2v) is 6.35. The van der Waals surface area contributed by atoms with Gasteiger partial charge in [0.1, 0.15) is 17.9 Å². The molecule has 0 radical (unpaired) electrons. The summed E-state index contributed by atoms with van der Waals surface area (Å²) in [4.78, 5) is 8.75. The fraction of sp³-hybridized carbons (Fsp3) is 0.353. The third kappa shape index (κ3) is 3.11. The van der Waals surface area contributed by atoms with Gasteiger partial charge >= 0.3 is 0 Å². The average molecular weight is 311 g/mol. The maximum Gasteiger partial charge on any atom is 0.146 e. The lowest BCUT2D eigenvalue weighted by atomic mass is 10.1. The van der Waals surface area contributed by atoms with Gasteiger partial charge in [-0.1, -0.05) is 0 Å². The van der Waals surface area contributed by atoms with Crippen LogP contribution >= 0.6 is 0 Å². The third-order valence-electron chi connectivity index (χ3n) is 3.64. The van der Waals surface area contributed by atoms with Gasteiger partial charge in [-0.15, -0.1) is 0 Å². The normalized spacial score (nSPS) is 11.7. The van der Waals surface area contributed by atoms with Crippen LogP contribution in [0.5, 0.6) is 5.75 Å². The first-order valence-electron chi connectivity index (χ1n) is 7.55. The topological polar surface area (TPSA) is 64.9 Å². The summed E-state index contributed by atoms with van der Waals surface area (Å²) in [5.41, 5.74) is 1.82. The van der Waals surface area contributed by atoms with Crippen LogP contribution < -0.4 is 10.1 Å². The van der Waals surface area contributed by atoms with Crippen molar-refractivity contribution in [2.45, 2.75) is 32.9 Å². The molecule has 0 fully saturated rings. The first kappa shape index (κ1) is 15.3. The van der Waals surface area contributed by atoms with Crippen molar-refractivity contribution in [3.8, 4) is 5.75 Å². The number of rotatable bonds is 4. The largest absolute Gasteiger partial charge is 0.497 e. The molecule has 1 N–H and O–H groups in total. The second-order valence-electron chi connectivity index (χ2n) is 6.35. The molecule has 23 heavy (non-hydrogen) atoms. The molecule has 0 atom stereocenters. The smallest absolute Gasteiger partial charge is 0.146 e. The molecule has 1 aromatic carbocycles. The van der Waals surface area contributed by atoms with Crippen LogP contribution in [0.15, 0.2) is 36.8 Å². The Labute approximate surface area is 135 Å². The molecule has 0 spiro atoms. The van der Waals surface area contributed by atoms with Gasteiger partial charge in [0.05, 0.1) is 24.7 Å². The SMILES string of the molecule is COc1ccc2nccc(NCc3ncnn3C(C)(C)C)c2c1. The van der Waals surface area contributed by atoms with Crippen molar-refractivity contribution in [2.75, 3.05) is 12.4 Å². The predicted molar refractivity (Wildman–Crippen MR) is 90.6 cm³/mol. The Balaban J connectivity index is 1.89. The minimum atomic E-state index is -0.100. The first-order valence-corrected chi connectivity index (χ1v) is 7.55. The number of anilines is 1. The highest BCUT2D eigenvalue weighted by Gasteiger charge is 2.18. The number of nitrogens with zero attached hydrogens (tertiary/aromatic N) is 4. The average Bonchev–Trinajstić information content (AvgIpc) is 3.01. The molecule has 3 rings (SSSR count). The van der Waals surface area contributed by atoms with Crippen molar-refractivity contribution < 1.29 is 4.74 Å². The number of fused-ring (bicyclic) bond motifs is 1. The van der Waals surface area contributed by atoms with Gasteiger partial charge in [-0.05, 0) is 45.0 Å².